The summed E-state index contributed by atoms with van der Waals surface area (Å²) < 4.78 is 5.71. The predicted octanol–water partition coefficient (Wildman–Crippen LogP) is 5.22. The van der Waals surface area contributed by atoms with Crippen LogP contribution in [0, 0.1) is 0 Å². The fourth-order valence-electron chi connectivity index (χ4n) is 2.11. The molecule has 0 aliphatic heterocycles. The molecule has 0 fully saturated rings. The van der Waals surface area contributed by atoms with E-state index in [2.05, 4.69) is 24.1 Å². The van der Waals surface area contributed by atoms with Crippen LogP contribution in [0.1, 0.15) is 31.2 Å². The molecule has 0 aliphatic carbocycles. The van der Waals surface area contributed by atoms with Crippen LogP contribution in [0.5, 0.6) is 0 Å². The highest BCUT2D eigenvalue weighted by Crippen LogP contribution is 2.24. The van der Waals surface area contributed by atoms with E-state index in [-0.39, 0.29) is 0 Å². The highest BCUT2D eigenvalue weighted by Gasteiger charge is 2.09. The average Bonchev–Trinajstić information content (AvgIpc) is 2.90. The number of halogens is 1. The van der Waals surface area contributed by atoms with Gasteiger partial charge in [0.1, 0.15) is 5.52 Å². The van der Waals surface area contributed by atoms with E-state index in [9.17, 15) is 0 Å². The quantitative estimate of drug-likeness (QED) is 0.718. The summed E-state index contributed by atoms with van der Waals surface area (Å²) >= 11 is 5.88. The number of hydrogen-bond acceptors (Lipinski definition) is 3. The number of aromatic nitrogens is 1. The number of oxazole rings is 1. The van der Waals surface area contributed by atoms with Gasteiger partial charge in [-0.25, -0.2) is 4.98 Å². The van der Waals surface area contributed by atoms with Crippen LogP contribution in [0.2, 0.25) is 5.02 Å². The van der Waals surface area contributed by atoms with E-state index in [1.54, 1.807) is 0 Å². The second kappa shape index (κ2) is 5.78. The molecule has 3 aromatic rings. The normalized spacial score (nSPS) is 11.2. The molecule has 0 radical (unpaired) electrons. The van der Waals surface area contributed by atoms with Gasteiger partial charge in [-0.2, -0.15) is 0 Å². The molecule has 0 unspecified atom stereocenters. The van der Waals surface area contributed by atoms with Crippen molar-refractivity contribution in [3.63, 3.8) is 0 Å². The fourth-order valence-corrected chi connectivity index (χ4v) is 2.23. The Labute approximate surface area is 128 Å². The number of benzene rings is 2. The van der Waals surface area contributed by atoms with Crippen LogP contribution >= 0.6 is 11.6 Å². The Bertz CT molecular complexity index is 747. The molecule has 4 heteroatoms. The number of nitrogens with one attached hydrogen (secondary N) is 1. The van der Waals surface area contributed by atoms with Crippen molar-refractivity contribution in [1.29, 1.82) is 0 Å². The van der Waals surface area contributed by atoms with Crippen LogP contribution in [0.15, 0.2) is 46.9 Å². The van der Waals surface area contributed by atoms with Gasteiger partial charge in [0.15, 0.2) is 11.5 Å². The number of anilines is 1. The lowest BCUT2D eigenvalue weighted by molar-refractivity contribution is 0.501. The van der Waals surface area contributed by atoms with Gasteiger partial charge < -0.3 is 9.73 Å². The van der Waals surface area contributed by atoms with E-state index in [0.717, 1.165) is 34.2 Å². The summed E-state index contributed by atoms with van der Waals surface area (Å²) in [5.74, 6) is 1.07. The molecule has 1 aromatic heterocycles. The lowest BCUT2D eigenvalue weighted by Gasteiger charge is -2.06. The van der Waals surface area contributed by atoms with Crippen molar-refractivity contribution < 1.29 is 4.42 Å². The summed E-state index contributed by atoms with van der Waals surface area (Å²) in [6.07, 6.45) is 0. The standard InChI is InChI=1S/C17H17ClN2O/c1-11(2)17-20-15-9-14(7-8-16(15)21-17)19-10-12-3-5-13(18)6-4-12/h3-9,11,19H,10H2,1-2H3. The van der Waals surface area contributed by atoms with E-state index in [1.165, 1.54) is 5.56 Å². The van der Waals surface area contributed by atoms with Gasteiger partial charge in [-0.3, -0.25) is 0 Å². The molecule has 1 N–H and O–H groups in total. The molecular formula is C17H17ClN2O. The molecule has 0 aliphatic rings. The molecule has 0 saturated carbocycles. The Morgan fingerprint density at radius 1 is 1.14 bits per heavy atom. The van der Waals surface area contributed by atoms with Crippen LogP contribution in [-0.4, -0.2) is 4.98 Å². The number of fused-ring (bicyclic) bond motifs is 1. The summed E-state index contributed by atoms with van der Waals surface area (Å²) in [5, 5.41) is 4.14. The minimum absolute atomic E-state index is 0.294. The Morgan fingerprint density at radius 2 is 1.90 bits per heavy atom. The smallest absolute Gasteiger partial charge is 0.198 e. The third kappa shape index (κ3) is 3.19. The Hall–Kier alpha value is -2.00. The molecule has 0 amide bonds. The first-order chi connectivity index (χ1) is 10.1. The summed E-state index contributed by atoms with van der Waals surface area (Å²) in [6, 6.07) is 13.8. The third-order valence-electron chi connectivity index (χ3n) is 3.31. The zero-order valence-electron chi connectivity index (χ0n) is 12.1. The maximum absolute atomic E-state index is 5.88. The first kappa shape index (κ1) is 14.0. The van der Waals surface area contributed by atoms with Gasteiger partial charge in [0, 0.05) is 23.2 Å². The first-order valence-corrected chi connectivity index (χ1v) is 7.38. The van der Waals surface area contributed by atoms with Crippen LogP contribution < -0.4 is 5.32 Å². The fraction of sp³-hybridized carbons (Fsp3) is 0.235. The summed E-state index contributed by atoms with van der Waals surface area (Å²) in [4.78, 5) is 4.52. The SMILES string of the molecule is CC(C)c1nc2cc(NCc3ccc(Cl)cc3)ccc2o1. The maximum atomic E-state index is 5.88. The summed E-state index contributed by atoms with van der Waals surface area (Å²) in [7, 11) is 0. The van der Waals surface area contributed by atoms with E-state index in [0.29, 0.717) is 5.92 Å². The number of hydrogen-bond donors (Lipinski definition) is 1. The summed E-state index contributed by atoms with van der Waals surface area (Å²) in [5.41, 5.74) is 3.93. The topological polar surface area (TPSA) is 38.1 Å². The van der Waals surface area contributed by atoms with Gasteiger partial charge in [0.05, 0.1) is 0 Å². The van der Waals surface area contributed by atoms with Gasteiger partial charge in [-0.05, 0) is 35.9 Å². The highest BCUT2D eigenvalue weighted by molar-refractivity contribution is 6.30. The molecule has 3 nitrogen and oxygen atoms in total. The van der Waals surface area contributed by atoms with Crippen molar-refractivity contribution in [3.05, 3.63) is 58.9 Å². The van der Waals surface area contributed by atoms with Crippen molar-refractivity contribution in [2.45, 2.75) is 26.3 Å². The van der Waals surface area contributed by atoms with E-state index in [4.69, 9.17) is 16.0 Å². The molecule has 0 bridgehead atoms. The summed E-state index contributed by atoms with van der Waals surface area (Å²) in [6.45, 7) is 4.90. The van der Waals surface area contributed by atoms with Gasteiger partial charge in [-0.15, -0.1) is 0 Å². The number of nitrogens with zero attached hydrogens (tertiary/aromatic N) is 1. The molecule has 2 aromatic carbocycles. The molecule has 3 rings (SSSR count). The van der Waals surface area contributed by atoms with Gasteiger partial charge in [-0.1, -0.05) is 37.6 Å². The van der Waals surface area contributed by atoms with Gasteiger partial charge in [0.25, 0.3) is 0 Å². The number of rotatable bonds is 4. The lowest BCUT2D eigenvalue weighted by atomic mass is 10.2. The van der Waals surface area contributed by atoms with E-state index in [1.807, 2.05) is 42.5 Å². The predicted molar refractivity (Wildman–Crippen MR) is 86.9 cm³/mol. The van der Waals surface area contributed by atoms with Crippen LogP contribution in [0.3, 0.4) is 0 Å². The molecule has 108 valence electrons. The van der Waals surface area contributed by atoms with Crippen LogP contribution in [0.25, 0.3) is 11.1 Å². The minimum atomic E-state index is 0.294. The monoisotopic (exact) mass is 300 g/mol. The molecular weight excluding hydrogens is 284 g/mol. The van der Waals surface area contributed by atoms with Crippen LogP contribution in [0.4, 0.5) is 5.69 Å². The largest absolute Gasteiger partial charge is 0.440 e. The van der Waals surface area contributed by atoms with Crippen molar-refractivity contribution in [2.24, 2.45) is 0 Å². The van der Waals surface area contributed by atoms with E-state index < -0.39 is 0 Å². The second-order valence-corrected chi connectivity index (χ2v) is 5.81. The van der Waals surface area contributed by atoms with Crippen molar-refractivity contribution in [3.8, 4) is 0 Å². The average molecular weight is 301 g/mol. The van der Waals surface area contributed by atoms with Crippen molar-refractivity contribution in [1.82, 2.24) is 4.98 Å². The molecule has 21 heavy (non-hydrogen) atoms. The molecule has 1 heterocycles. The molecule has 0 saturated heterocycles. The maximum Gasteiger partial charge on any atom is 0.198 e. The zero-order chi connectivity index (χ0) is 14.8. The van der Waals surface area contributed by atoms with Crippen molar-refractivity contribution in [2.75, 3.05) is 5.32 Å². The van der Waals surface area contributed by atoms with E-state index >= 15 is 0 Å². The lowest BCUT2D eigenvalue weighted by Crippen LogP contribution is -1.98. The van der Waals surface area contributed by atoms with Crippen LogP contribution in [-0.2, 0) is 6.54 Å². The molecule has 0 spiro atoms. The first-order valence-electron chi connectivity index (χ1n) is 7.00. The second-order valence-electron chi connectivity index (χ2n) is 5.37. The zero-order valence-corrected chi connectivity index (χ0v) is 12.8. The van der Waals surface area contributed by atoms with Gasteiger partial charge >= 0.3 is 0 Å². The Kier molecular flexibility index (Phi) is 3.84. The van der Waals surface area contributed by atoms with Gasteiger partial charge in [0.2, 0.25) is 0 Å². The minimum Gasteiger partial charge on any atom is -0.440 e. The third-order valence-corrected chi connectivity index (χ3v) is 3.56. The Morgan fingerprint density at radius 3 is 2.62 bits per heavy atom. The van der Waals surface area contributed by atoms with Crippen molar-refractivity contribution >= 4 is 28.4 Å². The molecule has 0 atom stereocenters. The Balaban J connectivity index is 1.76. The highest BCUT2D eigenvalue weighted by atomic mass is 35.5.